The lowest BCUT2D eigenvalue weighted by molar-refractivity contribution is -0.146. The number of alkyl halides is 4. The lowest BCUT2D eigenvalue weighted by Gasteiger charge is -2.34. The lowest BCUT2D eigenvalue weighted by atomic mass is 9.91. The fourth-order valence-electron chi connectivity index (χ4n) is 4.24. The van der Waals surface area contributed by atoms with Crippen LogP contribution in [-0.4, -0.2) is 45.4 Å². The molecule has 1 saturated heterocycles. The highest BCUT2D eigenvalue weighted by atomic mass is 19.3. The largest absolute Gasteiger partial charge is 0.472 e. The number of rotatable bonds is 6. The van der Waals surface area contributed by atoms with E-state index in [2.05, 4.69) is 20.3 Å². The van der Waals surface area contributed by atoms with E-state index in [0.29, 0.717) is 0 Å². The Kier molecular flexibility index (Phi) is 6.72. The summed E-state index contributed by atoms with van der Waals surface area (Å²) in [4.78, 5) is 25.1. The highest BCUT2D eigenvalue weighted by molar-refractivity contribution is 6.06. The summed E-state index contributed by atoms with van der Waals surface area (Å²) in [5, 5.41) is 2.54. The molecule has 1 amide bonds. The van der Waals surface area contributed by atoms with E-state index in [4.69, 9.17) is 9.47 Å². The van der Waals surface area contributed by atoms with Crippen molar-refractivity contribution in [2.75, 3.05) is 11.9 Å². The van der Waals surface area contributed by atoms with Crippen LogP contribution in [0.15, 0.2) is 42.9 Å². The van der Waals surface area contributed by atoms with E-state index >= 15 is 0 Å². The van der Waals surface area contributed by atoms with Crippen LogP contribution >= 0.6 is 0 Å². The number of aromatic nitrogens is 3. The van der Waals surface area contributed by atoms with Crippen LogP contribution in [0, 0.1) is 11.6 Å². The smallest absolute Gasteiger partial charge is 0.271 e. The zero-order valence-corrected chi connectivity index (χ0v) is 19.6. The van der Waals surface area contributed by atoms with Gasteiger partial charge in [-0.15, -0.1) is 0 Å². The van der Waals surface area contributed by atoms with Crippen LogP contribution in [-0.2, 0) is 4.74 Å². The molecule has 1 unspecified atom stereocenters. The van der Waals surface area contributed by atoms with Crippen LogP contribution < -0.4 is 10.1 Å². The van der Waals surface area contributed by atoms with Gasteiger partial charge in [-0.1, -0.05) is 0 Å². The standard InChI is InChI=1S/C25H20F6N4O3/c26-16-2-1-6-32-19(16)15-4-7-33-21(18-3-5-24(28,29)12-37-18)20(15)35-22(36)13-8-17(27)23(34-11-13)38-14-9-25(30,31)10-14/h1-2,4,6-8,11,14,18H,3,5,9-10,12H2,(H,35,36). The van der Waals surface area contributed by atoms with Crippen LogP contribution in [0.2, 0.25) is 0 Å². The number of pyridine rings is 3. The van der Waals surface area contributed by atoms with E-state index in [1.807, 2.05) is 0 Å². The lowest BCUT2D eigenvalue weighted by Crippen LogP contribution is -2.43. The Labute approximate surface area is 212 Å². The number of halogens is 6. The normalized spacial score (nSPS) is 20.4. The van der Waals surface area contributed by atoms with E-state index < -0.39 is 73.3 Å². The summed E-state index contributed by atoms with van der Waals surface area (Å²) in [5.74, 6) is -9.07. The molecular formula is C25H20F6N4O3. The van der Waals surface area contributed by atoms with Gasteiger partial charge < -0.3 is 14.8 Å². The minimum Gasteiger partial charge on any atom is -0.472 e. The molecule has 2 aliphatic rings. The third-order valence-electron chi connectivity index (χ3n) is 6.21. The van der Waals surface area contributed by atoms with Gasteiger partial charge in [-0.2, -0.15) is 0 Å². The Morgan fingerprint density at radius 2 is 1.82 bits per heavy atom. The van der Waals surface area contributed by atoms with Crippen molar-refractivity contribution in [2.45, 2.75) is 49.7 Å². The molecule has 3 aromatic heterocycles. The zero-order valence-electron chi connectivity index (χ0n) is 19.6. The van der Waals surface area contributed by atoms with E-state index in [9.17, 15) is 31.1 Å². The monoisotopic (exact) mass is 538 g/mol. The van der Waals surface area contributed by atoms with Crippen molar-refractivity contribution in [3.8, 4) is 17.1 Å². The second kappa shape index (κ2) is 9.86. The van der Waals surface area contributed by atoms with Gasteiger partial charge in [0.15, 0.2) is 5.82 Å². The maximum atomic E-state index is 14.6. The Hall–Kier alpha value is -3.74. The van der Waals surface area contributed by atoms with Gasteiger partial charge >= 0.3 is 0 Å². The quantitative estimate of drug-likeness (QED) is 0.404. The van der Waals surface area contributed by atoms with Gasteiger partial charge in [0.05, 0.1) is 16.9 Å². The number of hydrogen-bond donors (Lipinski definition) is 1. The maximum Gasteiger partial charge on any atom is 0.271 e. The summed E-state index contributed by atoms with van der Waals surface area (Å²) in [6.45, 7) is -0.863. The van der Waals surface area contributed by atoms with Crippen molar-refractivity contribution in [1.29, 1.82) is 0 Å². The van der Waals surface area contributed by atoms with Crippen molar-refractivity contribution in [3.63, 3.8) is 0 Å². The number of carbonyl (C=O) groups is 1. The molecule has 38 heavy (non-hydrogen) atoms. The van der Waals surface area contributed by atoms with Gasteiger partial charge in [0.25, 0.3) is 23.6 Å². The Balaban J connectivity index is 1.44. The first kappa shape index (κ1) is 25.9. The molecule has 7 nitrogen and oxygen atoms in total. The minimum atomic E-state index is -3.02. The van der Waals surface area contributed by atoms with Crippen LogP contribution in [0.1, 0.15) is 47.8 Å². The summed E-state index contributed by atoms with van der Waals surface area (Å²) in [7, 11) is 0. The molecule has 4 heterocycles. The predicted octanol–water partition coefficient (Wildman–Crippen LogP) is 5.73. The van der Waals surface area contributed by atoms with Crippen LogP contribution in [0.3, 0.4) is 0 Å². The molecule has 1 saturated carbocycles. The number of anilines is 1. The summed E-state index contributed by atoms with van der Waals surface area (Å²) in [6, 6.07) is 4.71. The molecule has 1 aliphatic heterocycles. The molecule has 200 valence electrons. The Morgan fingerprint density at radius 1 is 1.03 bits per heavy atom. The van der Waals surface area contributed by atoms with Gasteiger partial charge in [-0.3, -0.25) is 14.8 Å². The summed E-state index contributed by atoms with van der Waals surface area (Å²) >= 11 is 0. The number of nitrogens with zero attached hydrogens (tertiary/aromatic N) is 3. The second-order valence-electron chi connectivity index (χ2n) is 9.12. The van der Waals surface area contributed by atoms with E-state index in [1.54, 1.807) is 0 Å². The number of hydrogen-bond acceptors (Lipinski definition) is 6. The summed E-state index contributed by atoms with van der Waals surface area (Å²) in [5.41, 5.74) is -0.301. The van der Waals surface area contributed by atoms with E-state index in [-0.39, 0.29) is 34.6 Å². The zero-order chi connectivity index (χ0) is 27.1. The molecule has 0 spiro atoms. The SMILES string of the molecule is O=C(Nc1c(-c2ncccc2F)ccnc1C1CCC(F)(F)CO1)c1cnc(OC2CC(F)(F)C2)c(F)c1. The van der Waals surface area contributed by atoms with Crippen molar-refractivity contribution >= 4 is 11.6 Å². The van der Waals surface area contributed by atoms with Crippen LogP contribution in [0.4, 0.5) is 32.0 Å². The van der Waals surface area contributed by atoms with Crippen molar-refractivity contribution in [2.24, 2.45) is 0 Å². The van der Waals surface area contributed by atoms with Crippen molar-refractivity contribution in [1.82, 2.24) is 15.0 Å². The second-order valence-corrected chi connectivity index (χ2v) is 9.12. The van der Waals surface area contributed by atoms with Gasteiger partial charge in [-0.05, 0) is 30.7 Å². The fraction of sp³-hybridized carbons (Fsp3) is 0.360. The molecule has 1 atom stereocenters. The fourth-order valence-corrected chi connectivity index (χ4v) is 4.24. The molecular weight excluding hydrogens is 518 g/mol. The highest BCUT2D eigenvalue weighted by Gasteiger charge is 2.47. The van der Waals surface area contributed by atoms with Crippen LogP contribution in [0.5, 0.6) is 5.88 Å². The molecule has 1 aliphatic carbocycles. The maximum absolute atomic E-state index is 14.6. The highest BCUT2D eigenvalue weighted by Crippen LogP contribution is 2.41. The first-order valence-electron chi connectivity index (χ1n) is 11.6. The van der Waals surface area contributed by atoms with E-state index in [1.165, 1.54) is 24.5 Å². The Morgan fingerprint density at radius 3 is 2.47 bits per heavy atom. The average Bonchev–Trinajstić information content (AvgIpc) is 2.85. The predicted molar refractivity (Wildman–Crippen MR) is 121 cm³/mol. The summed E-state index contributed by atoms with van der Waals surface area (Å²) in [6.07, 6.45) is 0.0347. The Bertz CT molecular complexity index is 1350. The minimum absolute atomic E-state index is 0.0530. The molecule has 0 aromatic carbocycles. The third kappa shape index (κ3) is 5.42. The topological polar surface area (TPSA) is 86.2 Å². The molecule has 0 radical (unpaired) electrons. The third-order valence-corrected chi connectivity index (χ3v) is 6.21. The molecule has 3 aromatic rings. The molecule has 5 rings (SSSR count). The average molecular weight is 538 g/mol. The summed E-state index contributed by atoms with van der Waals surface area (Å²) < 4.78 is 93.1. The molecule has 13 heteroatoms. The number of carbonyl (C=O) groups excluding carboxylic acids is 1. The first-order valence-corrected chi connectivity index (χ1v) is 11.6. The number of amides is 1. The van der Waals surface area contributed by atoms with Crippen molar-refractivity contribution in [3.05, 3.63) is 65.7 Å². The van der Waals surface area contributed by atoms with Crippen molar-refractivity contribution < 1.29 is 40.6 Å². The number of ether oxygens (including phenoxy) is 2. The molecule has 0 bridgehead atoms. The van der Waals surface area contributed by atoms with Gasteiger partial charge in [0, 0.05) is 43.4 Å². The van der Waals surface area contributed by atoms with Crippen LogP contribution in [0.25, 0.3) is 11.3 Å². The van der Waals surface area contributed by atoms with E-state index in [0.717, 1.165) is 18.3 Å². The van der Waals surface area contributed by atoms with Gasteiger partial charge in [0.1, 0.15) is 30.3 Å². The number of nitrogens with one attached hydrogen (secondary N) is 1. The van der Waals surface area contributed by atoms with Gasteiger partial charge in [-0.25, -0.2) is 31.3 Å². The molecule has 1 N–H and O–H groups in total. The van der Waals surface area contributed by atoms with Gasteiger partial charge in [0.2, 0.25) is 0 Å². The first-order chi connectivity index (χ1) is 18.0. The molecule has 2 fully saturated rings.